The van der Waals surface area contributed by atoms with Gasteiger partial charge in [0.05, 0.1) is 0 Å². The molecule has 0 atom stereocenters. The summed E-state index contributed by atoms with van der Waals surface area (Å²) in [6, 6.07) is 5.63. The fourth-order valence-corrected chi connectivity index (χ4v) is 4.33. The first-order valence-electron chi connectivity index (χ1n) is 10.1. The van der Waals surface area contributed by atoms with Crippen LogP contribution in [-0.2, 0) is 4.79 Å². The normalized spacial score (nSPS) is 19.5. The third kappa shape index (κ3) is 5.45. The molecule has 28 heavy (non-hydrogen) atoms. The van der Waals surface area contributed by atoms with Crippen LogP contribution >= 0.6 is 12.4 Å². The highest BCUT2D eigenvalue weighted by Crippen LogP contribution is 2.38. The number of hydrogen-bond donors (Lipinski definition) is 1. The Morgan fingerprint density at radius 1 is 0.929 bits per heavy atom. The maximum atomic E-state index is 13.1. The Kier molecular flexibility index (Phi) is 8.25. The molecule has 2 aliphatic rings. The van der Waals surface area contributed by atoms with Crippen LogP contribution in [0, 0.1) is 11.2 Å². The van der Waals surface area contributed by atoms with Crippen molar-refractivity contribution in [3.63, 3.8) is 0 Å². The van der Waals surface area contributed by atoms with Gasteiger partial charge in [-0.15, -0.1) is 12.4 Å². The molecule has 0 spiro atoms. The molecule has 7 heteroatoms. The highest BCUT2D eigenvalue weighted by molar-refractivity contribution is 5.94. The molecule has 0 aromatic heterocycles. The van der Waals surface area contributed by atoms with Gasteiger partial charge in [-0.1, -0.05) is 19.3 Å². The molecule has 1 aliphatic carbocycles. The summed E-state index contributed by atoms with van der Waals surface area (Å²) < 4.78 is 13.1. The second-order valence-corrected chi connectivity index (χ2v) is 7.97. The van der Waals surface area contributed by atoms with Crippen LogP contribution in [0.2, 0.25) is 0 Å². The highest BCUT2D eigenvalue weighted by Gasteiger charge is 2.35. The summed E-state index contributed by atoms with van der Waals surface area (Å²) in [5.74, 6) is -0.288. The Labute approximate surface area is 172 Å². The molecule has 156 valence electrons. The summed E-state index contributed by atoms with van der Waals surface area (Å²) in [6.45, 7) is 2.92. The van der Waals surface area contributed by atoms with Crippen LogP contribution in [0.4, 0.5) is 4.39 Å². The van der Waals surface area contributed by atoms with E-state index in [2.05, 4.69) is 0 Å². The predicted molar refractivity (Wildman–Crippen MR) is 110 cm³/mol. The van der Waals surface area contributed by atoms with Crippen molar-refractivity contribution in [3.05, 3.63) is 35.6 Å². The van der Waals surface area contributed by atoms with E-state index in [0.29, 0.717) is 44.7 Å². The fourth-order valence-electron chi connectivity index (χ4n) is 4.33. The molecular formula is C21H31ClFN3O2. The summed E-state index contributed by atoms with van der Waals surface area (Å²) in [7, 11) is 0. The van der Waals surface area contributed by atoms with Gasteiger partial charge >= 0.3 is 0 Å². The van der Waals surface area contributed by atoms with E-state index in [-0.39, 0.29) is 35.5 Å². The van der Waals surface area contributed by atoms with Crippen molar-refractivity contribution in [2.75, 3.05) is 32.7 Å². The zero-order valence-corrected chi connectivity index (χ0v) is 17.2. The molecule has 0 radical (unpaired) electrons. The van der Waals surface area contributed by atoms with E-state index in [1.54, 1.807) is 4.90 Å². The van der Waals surface area contributed by atoms with E-state index in [1.807, 2.05) is 4.90 Å². The van der Waals surface area contributed by atoms with Crippen LogP contribution in [-0.4, -0.2) is 54.3 Å². The van der Waals surface area contributed by atoms with Crippen LogP contribution in [0.5, 0.6) is 0 Å². The average Bonchev–Trinajstić information content (AvgIpc) is 2.95. The second kappa shape index (κ2) is 10.2. The van der Waals surface area contributed by atoms with Crippen LogP contribution in [0.15, 0.2) is 24.3 Å². The third-order valence-electron chi connectivity index (χ3n) is 6.10. The lowest BCUT2D eigenvalue weighted by Gasteiger charge is -2.37. The van der Waals surface area contributed by atoms with Crippen LogP contribution < -0.4 is 5.73 Å². The van der Waals surface area contributed by atoms with Crippen LogP contribution in [0.1, 0.15) is 55.3 Å². The molecule has 2 N–H and O–H groups in total. The zero-order valence-electron chi connectivity index (χ0n) is 16.4. The summed E-state index contributed by atoms with van der Waals surface area (Å²) in [5, 5.41) is 0. The minimum atomic E-state index is -0.351. The summed E-state index contributed by atoms with van der Waals surface area (Å²) in [6.07, 6.45) is 6.91. The van der Waals surface area contributed by atoms with E-state index in [4.69, 9.17) is 5.73 Å². The van der Waals surface area contributed by atoms with E-state index < -0.39 is 0 Å². The number of benzene rings is 1. The molecule has 5 nitrogen and oxygen atoms in total. The molecule has 3 rings (SSSR count). The summed E-state index contributed by atoms with van der Waals surface area (Å²) in [4.78, 5) is 29.2. The first kappa shape index (κ1) is 22.6. The number of carbonyl (C=O) groups is 2. The topological polar surface area (TPSA) is 66.6 Å². The van der Waals surface area contributed by atoms with Crippen LogP contribution in [0.3, 0.4) is 0 Å². The number of amides is 2. The van der Waals surface area contributed by atoms with E-state index >= 15 is 0 Å². The summed E-state index contributed by atoms with van der Waals surface area (Å²) >= 11 is 0. The van der Waals surface area contributed by atoms with Gasteiger partial charge in [-0.2, -0.15) is 0 Å². The SMILES string of the molecule is Cl.NCC1(CC(=O)N2CCCN(C(=O)c3ccc(F)cc3)CC2)CCCCC1. The van der Waals surface area contributed by atoms with Gasteiger partial charge in [0, 0.05) is 38.2 Å². The van der Waals surface area contributed by atoms with Crippen molar-refractivity contribution in [3.8, 4) is 0 Å². The van der Waals surface area contributed by atoms with Crippen molar-refractivity contribution in [2.45, 2.75) is 44.9 Å². The van der Waals surface area contributed by atoms with E-state index in [1.165, 1.54) is 30.7 Å². The van der Waals surface area contributed by atoms with Crippen molar-refractivity contribution < 1.29 is 14.0 Å². The molecule has 0 unspecified atom stereocenters. The lowest BCUT2D eigenvalue weighted by molar-refractivity contribution is -0.134. The number of halogens is 2. The largest absolute Gasteiger partial charge is 0.341 e. The Morgan fingerprint density at radius 3 is 2.18 bits per heavy atom. The second-order valence-electron chi connectivity index (χ2n) is 7.97. The molecule has 1 saturated carbocycles. The first-order chi connectivity index (χ1) is 13.0. The highest BCUT2D eigenvalue weighted by atomic mass is 35.5. The Morgan fingerprint density at radius 2 is 1.54 bits per heavy atom. The Bertz CT molecular complexity index is 662. The third-order valence-corrected chi connectivity index (χ3v) is 6.10. The van der Waals surface area contributed by atoms with Gasteiger partial charge in [-0.05, 0) is 55.5 Å². The maximum Gasteiger partial charge on any atom is 0.253 e. The Hall–Kier alpha value is -1.66. The maximum absolute atomic E-state index is 13.1. The molecule has 1 aromatic carbocycles. The molecular weight excluding hydrogens is 381 g/mol. The van der Waals surface area contributed by atoms with Crippen molar-refractivity contribution in [1.29, 1.82) is 0 Å². The number of carbonyl (C=O) groups excluding carboxylic acids is 2. The van der Waals surface area contributed by atoms with Gasteiger partial charge in [0.2, 0.25) is 5.91 Å². The van der Waals surface area contributed by atoms with Gasteiger partial charge in [0.1, 0.15) is 5.82 Å². The van der Waals surface area contributed by atoms with Gasteiger partial charge in [0.15, 0.2) is 0 Å². The first-order valence-corrected chi connectivity index (χ1v) is 10.1. The smallest absolute Gasteiger partial charge is 0.253 e. The lowest BCUT2D eigenvalue weighted by atomic mass is 9.71. The van der Waals surface area contributed by atoms with Crippen molar-refractivity contribution in [1.82, 2.24) is 9.80 Å². The summed E-state index contributed by atoms with van der Waals surface area (Å²) in [5.41, 5.74) is 6.48. The minimum Gasteiger partial charge on any atom is -0.341 e. The van der Waals surface area contributed by atoms with Gasteiger partial charge in [-0.3, -0.25) is 9.59 Å². The zero-order chi connectivity index (χ0) is 19.3. The number of nitrogens with zero attached hydrogens (tertiary/aromatic N) is 2. The van der Waals surface area contributed by atoms with Crippen molar-refractivity contribution in [2.24, 2.45) is 11.1 Å². The molecule has 2 amide bonds. The molecule has 1 heterocycles. The molecule has 1 aromatic rings. The van der Waals surface area contributed by atoms with E-state index in [0.717, 1.165) is 32.1 Å². The minimum absolute atomic E-state index is 0. The Balaban J connectivity index is 0.00000280. The van der Waals surface area contributed by atoms with Gasteiger partial charge in [0.25, 0.3) is 5.91 Å². The van der Waals surface area contributed by atoms with Crippen molar-refractivity contribution >= 4 is 24.2 Å². The van der Waals surface area contributed by atoms with E-state index in [9.17, 15) is 14.0 Å². The van der Waals surface area contributed by atoms with Gasteiger partial charge in [-0.25, -0.2) is 4.39 Å². The molecule has 0 bridgehead atoms. The lowest BCUT2D eigenvalue weighted by Crippen LogP contribution is -2.42. The van der Waals surface area contributed by atoms with Crippen LogP contribution in [0.25, 0.3) is 0 Å². The fraction of sp³-hybridized carbons (Fsp3) is 0.619. The molecule has 2 fully saturated rings. The monoisotopic (exact) mass is 411 g/mol. The number of hydrogen-bond acceptors (Lipinski definition) is 3. The van der Waals surface area contributed by atoms with Gasteiger partial charge < -0.3 is 15.5 Å². The number of rotatable bonds is 4. The molecule has 1 saturated heterocycles. The average molecular weight is 412 g/mol. The predicted octanol–water partition coefficient (Wildman–Crippen LogP) is 3.22. The standard InChI is InChI=1S/C21H30FN3O2.ClH/c22-18-7-5-17(6-8-18)20(27)25-12-4-11-24(13-14-25)19(26)15-21(16-23)9-2-1-3-10-21;/h5-8H,1-4,9-16,23H2;1H. The molecule has 1 aliphatic heterocycles. The quantitative estimate of drug-likeness (QED) is 0.827. The number of nitrogens with two attached hydrogens (primary N) is 1.